The van der Waals surface area contributed by atoms with Gasteiger partial charge in [0.05, 0.1) is 12.5 Å². The molecule has 2 heterocycles. The van der Waals surface area contributed by atoms with E-state index in [2.05, 4.69) is 27.4 Å². The summed E-state index contributed by atoms with van der Waals surface area (Å²) in [7, 11) is 0. The fourth-order valence-electron chi connectivity index (χ4n) is 3.74. The van der Waals surface area contributed by atoms with Crippen LogP contribution >= 0.6 is 0 Å². The smallest absolute Gasteiger partial charge is 0.305 e. The van der Waals surface area contributed by atoms with Crippen LogP contribution in [0.5, 0.6) is 0 Å². The number of carboxylic acid groups (broad SMARTS) is 1. The lowest BCUT2D eigenvalue weighted by molar-refractivity contribution is -0.139. The molecule has 164 valence electrons. The number of aromatic nitrogens is 2. The van der Waals surface area contributed by atoms with Crippen LogP contribution in [-0.4, -0.2) is 62.7 Å². The van der Waals surface area contributed by atoms with Crippen molar-refractivity contribution in [2.24, 2.45) is 0 Å². The zero-order chi connectivity index (χ0) is 22.2. The Morgan fingerprint density at radius 1 is 1.26 bits per heavy atom. The number of nitrogens with one attached hydrogen (secondary N) is 2. The third-order valence-electron chi connectivity index (χ3n) is 5.29. The number of imidazole rings is 1. The van der Waals surface area contributed by atoms with Crippen LogP contribution in [0.25, 0.3) is 0 Å². The average Bonchev–Trinajstić information content (AvgIpc) is 3.43. The van der Waals surface area contributed by atoms with Crippen LogP contribution in [0.15, 0.2) is 36.5 Å². The first-order valence-electron chi connectivity index (χ1n) is 10.3. The Balaban J connectivity index is 1.56. The number of nitrogens with zero attached hydrogens (tertiary/aromatic N) is 2. The van der Waals surface area contributed by atoms with Crippen molar-refractivity contribution in [1.29, 1.82) is 0 Å². The number of H-pyrrole nitrogens is 1. The number of amides is 2. The van der Waals surface area contributed by atoms with Crippen molar-refractivity contribution in [3.63, 3.8) is 0 Å². The number of aldehydes is 1. The van der Waals surface area contributed by atoms with Crippen molar-refractivity contribution in [2.45, 2.75) is 50.6 Å². The van der Waals surface area contributed by atoms with Gasteiger partial charge in [0.1, 0.15) is 12.3 Å². The molecule has 0 saturated carbocycles. The lowest BCUT2D eigenvalue weighted by Gasteiger charge is -2.24. The molecule has 1 unspecified atom stereocenters. The van der Waals surface area contributed by atoms with E-state index in [0.717, 1.165) is 25.0 Å². The van der Waals surface area contributed by atoms with Gasteiger partial charge in [-0.3, -0.25) is 14.4 Å². The molecule has 3 N–H and O–H groups in total. The molecule has 2 aromatic rings. The molecule has 1 aromatic heterocycles. The van der Waals surface area contributed by atoms with Gasteiger partial charge in [0.15, 0.2) is 5.82 Å². The highest BCUT2D eigenvalue weighted by Crippen LogP contribution is 2.20. The van der Waals surface area contributed by atoms with E-state index in [4.69, 9.17) is 5.11 Å². The molecule has 1 aliphatic rings. The lowest BCUT2D eigenvalue weighted by Crippen LogP contribution is -2.49. The number of hydrogen-bond donors (Lipinski definition) is 3. The van der Waals surface area contributed by atoms with E-state index in [9.17, 15) is 19.2 Å². The summed E-state index contributed by atoms with van der Waals surface area (Å²) in [5.41, 5.74) is 2.10. The van der Waals surface area contributed by atoms with Crippen molar-refractivity contribution in [1.82, 2.24) is 20.2 Å². The highest BCUT2D eigenvalue weighted by molar-refractivity contribution is 5.96. The molecule has 1 aromatic carbocycles. The molecular formula is C22H26N4O5. The Morgan fingerprint density at radius 2 is 2.03 bits per heavy atom. The predicted octanol–water partition coefficient (Wildman–Crippen LogP) is 1.35. The second-order valence-corrected chi connectivity index (χ2v) is 7.60. The number of carbonyl (C=O) groups excluding carboxylic acids is 3. The van der Waals surface area contributed by atoms with Gasteiger partial charge in [-0.2, -0.15) is 0 Å². The second-order valence-electron chi connectivity index (χ2n) is 7.60. The molecule has 3 rings (SSSR count). The standard InChI is InChI=1S/C22H26N4O5/c27-14-17(12-19(28)29)25-21(30)18-10-5-11-26(18)22(31)20-23-13-16(24-20)9-4-8-15-6-2-1-3-7-15/h1-3,6-7,13-14,17-18H,4-5,8-12H2,(H,23,24)(H,25,30)(H,28,29)/t17?,18-/m1/s1. The van der Waals surface area contributed by atoms with Gasteiger partial charge in [-0.25, -0.2) is 4.98 Å². The molecule has 0 spiro atoms. The lowest BCUT2D eigenvalue weighted by atomic mass is 10.1. The van der Waals surface area contributed by atoms with Gasteiger partial charge >= 0.3 is 5.97 Å². The van der Waals surface area contributed by atoms with Crippen LogP contribution in [0.4, 0.5) is 0 Å². The zero-order valence-corrected chi connectivity index (χ0v) is 17.1. The van der Waals surface area contributed by atoms with E-state index in [0.29, 0.717) is 25.7 Å². The molecule has 0 bridgehead atoms. The highest BCUT2D eigenvalue weighted by Gasteiger charge is 2.36. The van der Waals surface area contributed by atoms with Crippen LogP contribution in [0.3, 0.4) is 0 Å². The molecule has 1 aliphatic heterocycles. The first-order valence-corrected chi connectivity index (χ1v) is 10.3. The molecule has 2 amide bonds. The van der Waals surface area contributed by atoms with E-state index in [-0.39, 0.29) is 11.7 Å². The summed E-state index contributed by atoms with van der Waals surface area (Å²) in [5.74, 6) is -1.93. The Labute approximate surface area is 179 Å². The van der Waals surface area contributed by atoms with Crippen LogP contribution in [0.2, 0.25) is 0 Å². The Morgan fingerprint density at radius 3 is 2.74 bits per heavy atom. The topological polar surface area (TPSA) is 132 Å². The summed E-state index contributed by atoms with van der Waals surface area (Å²) in [5, 5.41) is 11.2. The largest absolute Gasteiger partial charge is 0.481 e. The SMILES string of the molecule is O=CC(CC(=O)O)NC(=O)[C@H]1CCCN1C(=O)c1ncc(CCCc2ccccc2)[nH]1. The van der Waals surface area contributed by atoms with Crippen molar-refractivity contribution in [2.75, 3.05) is 6.54 Å². The summed E-state index contributed by atoms with van der Waals surface area (Å²) >= 11 is 0. The molecule has 1 saturated heterocycles. The summed E-state index contributed by atoms with van der Waals surface area (Å²) < 4.78 is 0. The van der Waals surface area contributed by atoms with Gasteiger partial charge in [0.25, 0.3) is 5.91 Å². The molecule has 1 fully saturated rings. The number of aliphatic carboxylic acids is 1. The number of carboxylic acids is 1. The summed E-state index contributed by atoms with van der Waals surface area (Å²) in [6, 6.07) is 8.26. The van der Waals surface area contributed by atoms with Gasteiger partial charge in [0.2, 0.25) is 5.91 Å². The number of aryl methyl sites for hydroxylation is 2. The maximum absolute atomic E-state index is 12.9. The summed E-state index contributed by atoms with van der Waals surface area (Å²) in [6.45, 7) is 0.394. The monoisotopic (exact) mass is 426 g/mol. The first-order chi connectivity index (χ1) is 15.0. The minimum Gasteiger partial charge on any atom is -0.481 e. The van der Waals surface area contributed by atoms with Crippen LogP contribution < -0.4 is 5.32 Å². The quantitative estimate of drug-likeness (QED) is 0.491. The van der Waals surface area contributed by atoms with Crippen LogP contribution in [-0.2, 0) is 27.2 Å². The highest BCUT2D eigenvalue weighted by atomic mass is 16.4. The van der Waals surface area contributed by atoms with Gasteiger partial charge in [-0.15, -0.1) is 0 Å². The Kier molecular flexibility index (Phi) is 7.53. The normalized spacial score (nSPS) is 16.6. The molecule has 9 heteroatoms. The van der Waals surface area contributed by atoms with E-state index < -0.39 is 30.4 Å². The number of benzene rings is 1. The Hall–Kier alpha value is -3.49. The third-order valence-corrected chi connectivity index (χ3v) is 5.29. The number of likely N-dealkylation sites (tertiary alicyclic amines) is 1. The van der Waals surface area contributed by atoms with Crippen molar-refractivity contribution in [3.8, 4) is 0 Å². The van der Waals surface area contributed by atoms with Crippen molar-refractivity contribution < 1.29 is 24.3 Å². The van der Waals surface area contributed by atoms with E-state index >= 15 is 0 Å². The van der Waals surface area contributed by atoms with E-state index in [1.54, 1.807) is 6.20 Å². The van der Waals surface area contributed by atoms with Gasteiger partial charge in [-0.05, 0) is 37.7 Å². The van der Waals surface area contributed by atoms with E-state index in [1.807, 2.05) is 18.2 Å². The number of hydrogen-bond acceptors (Lipinski definition) is 5. The predicted molar refractivity (Wildman–Crippen MR) is 111 cm³/mol. The number of aromatic amines is 1. The summed E-state index contributed by atoms with van der Waals surface area (Å²) in [4.78, 5) is 55.9. The van der Waals surface area contributed by atoms with Gasteiger partial charge in [0, 0.05) is 18.4 Å². The number of carbonyl (C=O) groups is 4. The van der Waals surface area contributed by atoms with Gasteiger partial charge in [-0.1, -0.05) is 30.3 Å². The fourth-order valence-corrected chi connectivity index (χ4v) is 3.74. The molecule has 9 nitrogen and oxygen atoms in total. The molecule has 2 atom stereocenters. The summed E-state index contributed by atoms with van der Waals surface area (Å²) in [6.07, 6.45) is 5.19. The average molecular weight is 426 g/mol. The maximum Gasteiger partial charge on any atom is 0.305 e. The third kappa shape index (κ3) is 6.00. The van der Waals surface area contributed by atoms with Crippen molar-refractivity contribution >= 4 is 24.1 Å². The molecule has 0 radical (unpaired) electrons. The van der Waals surface area contributed by atoms with E-state index in [1.165, 1.54) is 10.5 Å². The number of rotatable bonds is 10. The van der Waals surface area contributed by atoms with Crippen LogP contribution in [0.1, 0.15) is 47.6 Å². The fraction of sp³-hybridized carbons (Fsp3) is 0.409. The Bertz CT molecular complexity index is 927. The minimum absolute atomic E-state index is 0.173. The first kappa shape index (κ1) is 22.2. The second kappa shape index (κ2) is 10.5. The molecule has 0 aliphatic carbocycles. The molecule has 31 heavy (non-hydrogen) atoms. The molecular weight excluding hydrogens is 400 g/mol. The van der Waals surface area contributed by atoms with Gasteiger partial charge < -0.3 is 25.1 Å². The maximum atomic E-state index is 12.9. The van der Waals surface area contributed by atoms with Crippen molar-refractivity contribution in [3.05, 3.63) is 53.6 Å². The van der Waals surface area contributed by atoms with Crippen LogP contribution in [0, 0.1) is 0 Å². The minimum atomic E-state index is -1.19. The zero-order valence-electron chi connectivity index (χ0n) is 17.1.